The van der Waals surface area contributed by atoms with Crippen LogP contribution >= 0.6 is 34.7 Å². The van der Waals surface area contributed by atoms with Crippen LogP contribution in [0.25, 0.3) is 0 Å². The largest absolute Gasteiger partial charge is 0.357 e. The number of aromatic nitrogens is 2. The van der Waals surface area contributed by atoms with Crippen molar-refractivity contribution in [2.45, 2.75) is 36.2 Å². The second-order valence-electron chi connectivity index (χ2n) is 5.42. The number of nitrogens with one attached hydrogen (secondary N) is 2. The van der Waals surface area contributed by atoms with Gasteiger partial charge in [0.1, 0.15) is 0 Å². The minimum atomic E-state index is -0.0803. The molecule has 3 rings (SSSR count). The van der Waals surface area contributed by atoms with Gasteiger partial charge in [-0.05, 0) is 37.5 Å². The van der Waals surface area contributed by atoms with E-state index in [1.54, 1.807) is 0 Å². The number of amides is 1. The fourth-order valence-electron chi connectivity index (χ4n) is 2.00. The normalized spacial score (nSPS) is 15.2. The highest BCUT2D eigenvalue weighted by molar-refractivity contribution is 8.01. The molecule has 2 aromatic rings. The predicted octanol–water partition coefficient (Wildman–Crippen LogP) is 3.74. The highest BCUT2D eigenvalue weighted by atomic mass is 35.5. The molecule has 1 saturated carbocycles. The van der Waals surface area contributed by atoms with E-state index in [2.05, 4.69) is 20.8 Å². The maximum absolute atomic E-state index is 12.1. The second-order valence-corrected chi connectivity index (χ2v) is 8.06. The van der Waals surface area contributed by atoms with E-state index in [0.717, 1.165) is 15.0 Å². The molecule has 0 saturated heterocycles. The summed E-state index contributed by atoms with van der Waals surface area (Å²) in [6, 6.07) is 7.99. The maximum Gasteiger partial charge on any atom is 0.230 e. The summed E-state index contributed by atoms with van der Waals surface area (Å²) in [7, 11) is 0. The average Bonchev–Trinajstić information content (AvgIpc) is 3.22. The summed E-state index contributed by atoms with van der Waals surface area (Å²) in [5.41, 5.74) is 0.989. The Morgan fingerprint density at radius 2 is 2.30 bits per heavy atom. The van der Waals surface area contributed by atoms with Crippen molar-refractivity contribution in [2.24, 2.45) is 0 Å². The third-order valence-electron chi connectivity index (χ3n) is 3.36. The topological polar surface area (TPSA) is 66.9 Å². The van der Waals surface area contributed by atoms with Gasteiger partial charge < -0.3 is 10.6 Å². The Labute approximate surface area is 148 Å². The zero-order valence-electron chi connectivity index (χ0n) is 12.6. The van der Waals surface area contributed by atoms with Crippen LogP contribution in [0.3, 0.4) is 0 Å². The number of thioether (sulfide) groups is 1. The van der Waals surface area contributed by atoms with Gasteiger partial charge in [-0.3, -0.25) is 4.79 Å². The van der Waals surface area contributed by atoms with E-state index in [9.17, 15) is 4.79 Å². The number of anilines is 1. The van der Waals surface area contributed by atoms with Crippen LogP contribution in [0, 0.1) is 0 Å². The maximum atomic E-state index is 12.1. The third-order valence-corrected chi connectivity index (χ3v) is 5.59. The number of carbonyl (C=O) groups is 1. The molecule has 122 valence electrons. The van der Waals surface area contributed by atoms with Crippen molar-refractivity contribution in [3.63, 3.8) is 0 Å². The Morgan fingerprint density at radius 3 is 3.04 bits per heavy atom. The second kappa shape index (κ2) is 7.51. The summed E-state index contributed by atoms with van der Waals surface area (Å²) < 4.78 is 0.804. The lowest BCUT2D eigenvalue weighted by Crippen LogP contribution is -2.28. The van der Waals surface area contributed by atoms with Gasteiger partial charge in [-0.2, -0.15) is 0 Å². The summed E-state index contributed by atoms with van der Waals surface area (Å²) in [4.78, 5) is 12.1. The molecule has 1 aromatic heterocycles. The lowest BCUT2D eigenvalue weighted by atomic mass is 10.1. The van der Waals surface area contributed by atoms with Gasteiger partial charge in [0, 0.05) is 11.1 Å². The Hall–Kier alpha value is -1.31. The van der Waals surface area contributed by atoms with Crippen LogP contribution < -0.4 is 10.6 Å². The van der Waals surface area contributed by atoms with Gasteiger partial charge in [-0.1, -0.05) is 46.8 Å². The molecule has 1 aromatic carbocycles. The van der Waals surface area contributed by atoms with Crippen molar-refractivity contribution in [3.05, 3.63) is 34.9 Å². The first-order valence-corrected chi connectivity index (χ1v) is 9.56. The van der Waals surface area contributed by atoms with Crippen molar-refractivity contribution >= 4 is 45.7 Å². The number of hydrogen-bond donors (Lipinski definition) is 2. The van der Waals surface area contributed by atoms with Crippen LogP contribution in [0.4, 0.5) is 5.13 Å². The number of carbonyl (C=O) groups excluding carboxylic acids is 1. The summed E-state index contributed by atoms with van der Waals surface area (Å²) >= 11 is 8.87. The van der Waals surface area contributed by atoms with Crippen molar-refractivity contribution in [2.75, 3.05) is 11.1 Å². The lowest BCUT2D eigenvalue weighted by Gasteiger charge is -2.14. The Kier molecular flexibility index (Phi) is 5.40. The molecule has 1 fully saturated rings. The molecular weight excluding hydrogens is 352 g/mol. The standard InChI is InChI=1S/C15H17ClN4OS2/c1-9(10-3-2-4-11(16)7-10)17-13(21)8-22-15-20-19-14(23-15)18-12-5-6-12/h2-4,7,9,12H,5-6,8H2,1H3,(H,17,21)(H,18,19). The number of hydrogen-bond acceptors (Lipinski definition) is 6. The Balaban J connectivity index is 1.46. The first-order valence-electron chi connectivity index (χ1n) is 7.38. The first-order chi connectivity index (χ1) is 11.1. The van der Waals surface area contributed by atoms with Crippen LogP contribution in [0.1, 0.15) is 31.4 Å². The highest BCUT2D eigenvalue weighted by Gasteiger charge is 2.22. The molecule has 1 atom stereocenters. The smallest absolute Gasteiger partial charge is 0.230 e. The van der Waals surface area contributed by atoms with E-state index < -0.39 is 0 Å². The molecule has 0 bridgehead atoms. The van der Waals surface area contributed by atoms with Gasteiger partial charge in [0.2, 0.25) is 11.0 Å². The zero-order valence-corrected chi connectivity index (χ0v) is 15.0. The monoisotopic (exact) mass is 368 g/mol. The minimum Gasteiger partial charge on any atom is -0.357 e. The highest BCUT2D eigenvalue weighted by Crippen LogP contribution is 2.30. The molecule has 1 unspecified atom stereocenters. The van der Waals surface area contributed by atoms with E-state index in [0.29, 0.717) is 16.8 Å². The van der Waals surface area contributed by atoms with Crippen molar-refractivity contribution < 1.29 is 4.79 Å². The lowest BCUT2D eigenvalue weighted by molar-refractivity contribution is -0.119. The van der Waals surface area contributed by atoms with Gasteiger partial charge in [0.05, 0.1) is 11.8 Å². The molecule has 5 nitrogen and oxygen atoms in total. The van der Waals surface area contributed by atoms with Crippen molar-refractivity contribution in [1.29, 1.82) is 0 Å². The molecule has 0 aliphatic heterocycles. The van der Waals surface area contributed by atoms with Crippen LogP contribution in [0.15, 0.2) is 28.6 Å². The van der Waals surface area contributed by atoms with E-state index >= 15 is 0 Å². The van der Waals surface area contributed by atoms with E-state index in [1.165, 1.54) is 35.9 Å². The zero-order chi connectivity index (χ0) is 16.2. The van der Waals surface area contributed by atoms with Crippen LogP contribution in [0.2, 0.25) is 5.02 Å². The molecule has 23 heavy (non-hydrogen) atoms. The molecular formula is C15H17ClN4OS2. The molecule has 2 N–H and O–H groups in total. The fourth-order valence-corrected chi connectivity index (χ4v) is 3.84. The summed E-state index contributed by atoms with van der Waals surface area (Å²) in [6.45, 7) is 1.94. The van der Waals surface area contributed by atoms with Gasteiger partial charge in [0.15, 0.2) is 4.34 Å². The number of halogens is 1. The Bertz CT molecular complexity index is 690. The minimum absolute atomic E-state index is 0.0330. The fraction of sp³-hybridized carbons (Fsp3) is 0.400. The quantitative estimate of drug-likeness (QED) is 0.729. The first kappa shape index (κ1) is 16.5. The number of benzene rings is 1. The van der Waals surface area contributed by atoms with Gasteiger partial charge in [-0.25, -0.2) is 0 Å². The van der Waals surface area contributed by atoms with E-state index in [-0.39, 0.29) is 11.9 Å². The summed E-state index contributed by atoms with van der Waals surface area (Å²) in [5, 5.41) is 15.9. The van der Waals surface area contributed by atoms with Crippen LogP contribution in [-0.4, -0.2) is 27.9 Å². The van der Waals surface area contributed by atoms with Crippen molar-refractivity contribution in [1.82, 2.24) is 15.5 Å². The molecule has 0 spiro atoms. The number of rotatable bonds is 7. The third kappa shape index (κ3) is 5.09. The molecule has 1 aliphatic carbocycles. The summed E-state index contributed by atoms with van der Waals surface area (Å²) in [5.74, 6) is 0.289. The molecule has 8 heteroatoms. The SMILES string of the molecule is CC(NC(=O)CSc1nnc(NC2CC2)s1)c1cccc(Cl)c1. The number of nitrogens with zero attached hydrogens (tertiary/aromatic N) is 2. The molecule has 1 heterocycles. The van der Waals surface area contributed by atoms with E-state index in [1.807, 2.05) is 31.2 Å². The molecule has 1 aliphatic rings. The van der Waals surface area contributed by atoms with Crippen LogP contribution in [0.5, 0.6) is 0 Å². The Morgan fingerprint density at radius 1 is 1.48 bits per heavy atom. The van der Waals surface area contributed by atoms with Gasteiger partial charge in [-0.15, -0.1) is 10.2 Å². The van der Waals surface area contributed by atoms with Crippen LogP contribution in [-0.2, 0) is 4.79 Å². The molecule has 1 amide bonds. The van der Waals surface area contributed by atoms with Crippen molar-refractivity contribution in [3.8, 4) is 0 Å². The molecule has 0 radical (unpaired) electrons. The summed E-state index contributed by atoms with van der Waals surface area (Å²) in [6.07, 6.45) is 2.40. The van der Waals surface area contributed by atoms with E-state index in [4.69, 9.17) is 11.6 Å². The van der Waals surface area contributed by atoms with Gasteiger partial charge in [0.25, 0.3) is 0 Å². The van der Waals surface area contributed by atoms with Gasteiger partial charge >= 0.3 is 0 Å². The average molecular weight is 369 g/mol. The predicted molar refractivity (Wildman–Crippen MR) is 95.3 cm³/mol.